The molecule has 2 aromatic rings. The summed E-state index contributed by atoms with van der Waals surface area (Å²) in [7, 11) is -2.08. The maximum atomic E-state index is 11.9. The van der Waals surface area contributed by atoms with Gasteiger partial charge in [0.05, 0.1) is 18.1 Å². The third-order valence-corrected chi connectivity index (χ3v) is 4.02. The molecule has 106 valence electrons. The van der Waals surface area contributed by atoms with E-state index >= 15 is 0 Å². The fourth-order valence-electron chi connectivity index (χ4n) is 1.70. The van der Waals surface area contributed by atoms with Crippen molar-refractivity contribution in [3.63, 3.8) is 0 Å². The first kappa shape index (κ1) is 14.7. The van der Waals surface area contributed by atoms with Crippen molar-refractivity contribution in [2.75, 3.05) is 7.11 Å². The zero-order valence-corrected chi connectivity index (χ0v) is 12.0. The predicted molar refractivity (Wildman–Crippen MR) is 75.6 cm³/mol. The topological polar surface area (TPSA) is 52.6 Å². The summed E-state index contributed by atoms with van der Waals surface area (Å²) in [5.41, 5.74) is 1.83. The third-order valence-electron chi connectivity index (χ3n) is 2.75. The Kier molecular flexibility index (Phi) is 4.89. The van der Waals surface area contributed by atoms with Gasteiger partial charge in [-0.3, -0.25) is 4.18 Å². The molecule has 20 heavy (non-hydrogen) atoms. The van der Waals surface area contributed by atoms with Crippen molar-refractivity contribution in [1.82, 2.24) is 0 Å². The molecule has 0 aliphatic heterocycles. The van der Waals surface area contributed by atoms with Crippen molar-refractivity contribution < 1.29 is 17.3 Å². The van der Waals surface area contributed by atoms with E-state index in [0.29, 0.717) is 6.61 Å². The molecule has 0 heterocycles. The number of rotatable bonds is 6. The van der Waals surface area contributed by atoms with Crippen LogP contribution in [0.5, 0.6) is 0 Å². The quantitative estimate of drug-likeness (QED) is 0.768. The van der Waals surface area contributed by atoms with Crippen molar-refractivity contribution in [2.45, 2.75) is 18.1 Å². The van der Waals surface area contributed by atoms with E-state index in [1.165, 1.54) is 12.1 Å². The zero-order chi connectivity index (χ0) is 14.4. The molecule has 2 rings (SSSR count). The average Bonchev–Trinajstić information content (AvgIpc) is 2.48. The maximum absolute atomic E-state index is 11.9. The van der Waals surface area contributed by atoms with Crippen molar-refractivity contribution in [3.8, 4) is 0 Å². The van der Waals surface area contributed by atoms with Crippen LogP contribution in [0.4, 0.5) is 0 Å². The summed E-state index contributed by atoms with van der Waals surface area (Å²) in [5, 5.41) is 0. The van der Waals surface area contributed by atoms with Gasteiger partial charge in [-0.05, 0) is 23.3 Å². The Morgan fingerprint density at radius 2 is 1.40 bits per heavy atom. The molecule has 0 amide bonds. The summed E-state index contributed by atoms with van der Waals surface area (Å²) in [5.74, 6) is 0. The second kappa shape index (κ2) is 6.65. The summed E-state index contributed by atoms with van der Waals surface area (Å²) < 4.78 is 33.9. The van der Waals surface area contributed by atoms with Crippen LogP contribution in [0.3, 0.4) is 0 Å². The van der Waals surface area contributed by atoms with Crippen LogP contribution in [-0.2, 0) is 32.3 Å². The van der Waals surface area contributed by atoms with Gasteiger partial charge >= 0.3 is 0 Å². The molecule has 0 saturated carbocycles. The third kappa shape index (κ3) is 3.90. The van der Waals surface area contributed by atoms with E-state index in [4.69, 9.17) is 8.92 Å². The standard InChI is InChI=1S/C15H16O4S/c1-18-11-13-7-9-14(10-8-13)12-19-20(16,17)15-5-3-2-4-6-15/h2-10H,11-12H2,1H3. The second-order valence-electron chi connectivity index (χ2n) is 4.28. The van der Waals surface area contributed by atoms with Gasteiger partial charge < -0.3 is 4.74 Å². The molecule has 0 radical (unpaired) electrons. The lowest BCUT2D eigenvalue weighted by Gasteiger charge is -2.06. The SMILES string of the molecule is COCc1ccc(COS(=O)(=O)c2ccccc2)cc1. The summed E-state index contributed by atoms with van der Waals surface area (Å²) in [6.45, 7) is 0.550. The molecule has 0 aromatic heterocycles. The summed E-state index contributed by atoms with van der Waals surface area (Å²) in [6.07, 6.45) is 0. The molecular formula is C15H16O4S. The predicted octanol–water partition coefficient (Wildman–Crippen LogP) is 2.74. The fraction of sp³-hybridized carbons (Fsp3) is 0.200. The van der Waals surface area contributed by atoms with Gasteiger partial charge in [-0.25, -0.2) is 0 Å². The Bertz CT molecular complexity index is 633. The first-order valence-corrected chi connectivity index (χ1v) is 7.54. The van der Waals surface area contributed by atoms with Crippen molar-refractivity contribution >= 4 is 10.1 Å². The number of ether oxygens (including phenoxy) is 1. The van der Waals surface area contributed by atoms with Gasteiger partial charge in [0.15, 0.2) is 0 Å². The Labute approximate surface area is 119 Å². The molecule has 0 bridgehead atoms. The van der Waals surface area contributed by atoms with E-state index in [2.05, 4.69) is 0 Å². The molecule has 0 N–H and O–H groups in total. The Hall–Kier alpha value is -1.69. The van der Waals surface area contributed by atoms with E-state index in [0.717, 1.165) is 11.1 Å². The molecule has 0 spiro atoms. The number of benzene rings is 2. The van der Waals surface area contributed by atoms with E-state index in [9.17, 15) is 8.42 Å². The normalized spacial score (nSPS) is 11.4. The van der Waals surface area contributed by atoms with Crippen LogP contribution in [0, 0.1) is 0 Å². The molecule has 0 atom stereocenters. The smallest absolute Gasteiger partial charge is 0.297 e. The highest BCUT2D eigenvalue weighted by Crippen LogP contribution is 2.14. The Morgan fingerprint density at radius 3 is 1.95 bits per heavy atom. The minimum absolute atomic E-state index is 0.0183. The van der Waals surface area contributed by atoms with E-state index in [1.54, 1.807) is 25.3 Å². The van der Waals surface area contributed by atoms with Crippen molar-refractivity contribution in [2.24, 2.45) is 0 Å². The van der Waals surface area contributed by atoms with Crippen LogP contribution in [0.15, 0.2) is 59.5 Å². The number of methoxy groups -OCH3 is 1. The minimum Gasteiger partial charge on any atom is -0.380 e. The van der Waals surface area contributed by atoms with Crippen molar-refractivity contribution in [3.05, 3.63) is 65.7 Å². The van der Waals surface area contributed by atoms with Gasteiger partial charge in [0.1, 0.15) is 0 Å². The molecular weight excluding hydrogens is 276 g/mol. The molecule has 0 aliphatic rings. The molecule has 0 fully saturated rings. The highest BCUT2D eigenvalue weighted by molar-refractivity contribution is 7.86. The molecule has 0 aliphatic carbocycles. The van der Waals surface area contributed by atoms with Gasteiger partial charge in [0.25, 0.3) is 10.1 Å². The van der Waals surface area contributed by atoms with Gasteiger partial charge in [-0.2, -0.15) is 8.42 Å². The molecule has 2 aromatic carbocycles. The lowest BCUT2D eigenvalue weighted by Crippen LogP contribution is -2.06. The lowest BCUT2D eigenvalue weighted by atomic mass is 10.1. The largest absolute Gasteiger partial charge is 0.380 e. The highest BCUT2D eigenvalue weighted by Gasteiger charge is 2.14. The summed E-state index contributed by atoms with van der Waals surface area (Å²) in [4.78, 5) is 0.163. The first-order valence-electron chi connectivity index (χ1n) is 6.13. The summed E-state index contributed by atoms with van der Waals surface area (Å²) in [6, 6.07) is 15.5. The molecule has 0 saturated heterocycles. The van der Waals surface area contributed by atoms with E-state index < -0.39 is 10.1 Å². The second-order valence-corrected chi connectivity index (χ2v) is 5.89. The average molecular weight is 292 g/mol. The molecule has 4 nitrogen and oxygen atoms in total. The molecule has 5 heteroatoms. The maximum Gasteiger partial charge on any atom is 0.297 e. The summed E-state index contributed by atoms with van der Waals surface area (Å²) >= 11 is 0. The lowest BCUT2D eigenvalue weighted by molar-refractivity contribution is 0.185. The molecule has 0 unspecified atom stereocenters. The Balaban J connectivity index is 2.01. The van der Waals surface area contributed by atoms with Crippen LogP contribution in [-0.4, -0.2) is 15.5 Å². The van der Waals surface area contributed by atoms with Crippen LogP contribution in [0.1, 0.15) is 11.1 Å². The van der Waals surface area contributed by atoms with Gasteiger partial charge in [-0.1, -0.05) is 42.5 Å². The number of hydrogen-bond acceptors (Lipinski definition) is 4. The zero-order valence-electron chi connectivity index (χ0n) is 11.2. The van der Waals surface area contributed by atoms with E-state index in [1.807, 2.05) is 24.3 Å². The monoisotopic (exact) mass is 292 g/mol. The first-order chi connectivity index (χ1) is 9.62. The van der Waals surface area contributed by atoms with E-state index in [-0.39, 0.29) is 11.5 Å². The Morgan fingerprint density at radius 1 is 0.850 bits per heavy atom. The van der Waals surface area contributed by atoms with Gasteiger partial charge in [0, 0.05) is 7.11 Å². The number of hydrogen-bond donors (Lipinski definition) is 0. The van der Waals surface area contributed by atoms with Crippen LogP contribution in [0.25, 0.3) is 0 Å². The van der Waals surface area contributed by atoms with Crippen molar-refractivity contribution in [1.29, 1.82) is 0 Å². The fourth-order valence-corrected chi connectivity index (χ4v) is 2.62. The van der Waals surface area contributed by atoms with Crippen LogP contribution < -0.4 is 0 Å². The van der Waals surface area contributed by atoms with Gasteiger partial charge in [0.2, 0.25) is 0 Å². The minimum atomic E-state index is -3.70. The van der Waals surface area contributed by atoms with Crippen LogP contribution >= 0.6 is 0 Å². The van der Waals surface area contributed by atoms with Crippen LogP contribution in [0.2, 0.25) is 0 Å². The highest BCUT2D eigenvalue weighted by atomic mass is 32.2. The van der Waals surface area contributed by atoms with Gasteiger partial charge in [-0.15, -0.1) is 0 Å².